The predicted octanol–water partition coefficient (Wildman–Crippen LogP) is 1.64. The van der Waals surface area contributed by atoms with Crippen LogP contribution >= 0.6 is 0 Å². The van der Waals surface area contributed by atoms with E-state index >= 15 is 0 Å². The summed E-state index contributed by atoms with van der Waals surface area (Å²) < 4.78 is 23.0. The average Bonchev–Trinajstić information content (AvgIpc) is 2.45. The summed E-state index contributed by atoms with van der Waals surface area (Å²) in [5.74, 6) is -0.604. The average molecular weight is 312 g/mol. The van der Waals surface area contributed by atoms with Gasteiger partial charge in [0.05, 0.1) is 11.6 Å². The molecule has 1 saturated carbocycles. The summed E-state index contributed by atoms with van der Waals surface area (Å²) >= 11 is 0. The third-order valence-electron chi connectivity index (χ3n) is 3.97. The van der Waals surface area contributed by atoms with E-state index in [0.717, 1.165) is 12.8 Å². The van der Waals surface area contributed by atoms with Crippen molar-refractivity contribution in [3.63, 3.8) is 0 Å². The van der Waals surface area contributed by atoms with E-state index in [1.807, 2.05) is 0 Å². The number of sulfonamides is 1. The highest BCUT2D eigenvalue weighted by atomic mass is 32.2. The summed E-state index contributed by atoms with van der Waals surface area (Å²) in [5.41, 5.74) is 0.500. The van der Waals surface area contributed by atoms with Gasteiger partial charge in [-0.3, -0.25) is 4.79 Å². The largest absolute Gasteiger partial charge is 0.481 e. The number of rotatable bonds is 5. The van der Waals surface area contributed by atoms with E-state index < -0.39 is 16.0 Å². The van der Waals surface area contributed by atoms with Gasteiger partial charge in [0.25, 0.3) is 0 Å². The van der Waals surface area contributed by atoms with Gasteiger partial charge in [-0.2, -0.15) is 0 Å². The van der Waals surface area contributed by atoms with Crippen LogP contribution in [0.15, 0.2) is 29.2 Å². The number of hydrogen-bond acceptors (Lipinski definition) is 4. The molecule has 0 spiro atoms. The van der Waals surface area contributed by atoms with Crippen molar-refractivity contribution in [3.05, 3.63) is 24.3 Å². The van der Waals surface area contributed by atoms with Crippen LogP contribution in [-0.4, -0.2) is 26.0 Å². The van der Waals surface area contributed by atoms with Gasteiger partial charge in [-0.15, -0.1) is 0 Å². The minimum Gasteiger partial charge on any atom is -0.481 e. The lowest BCUT2D eigenvalue weighted by Gasteiger charge is -2.26. The Morgan fingerprint density at radius 2 is 1.86 bits per heavy atom. The molecular weight excluding hydrogens is 292 g/mol. The Balaban J connectivity index is 1.95. The number of primary sulfonamides is 1. The van der Waals surface area contributed by atoms with Crippen LogP contribution in [0.2, 0.25) is 0 Å². The maximum atomic E-state index is 11.5. The molecule has 0 aliphatic heterocycles. The van der Waals surface area contributed by atoms with Gasteiger partial charge in [0.15, 0.2) is 0 Å². The van der Waals surface area contributed by atoms with Gasteiger partial charge in [0.2, 0.25) is 10.0 Å². The van der Waals surface area contributed by atoms with Crippen LogP contribution in [-0.2, 0) is 14.8 Å². The SMILES string of the molecule is NS(=O)(=O)c1ccccc1NCC1CCC(C(=O)O)CC1. The minimum atomic E-state index is -3.75. The molecule has 0 bridgehead atoms. The first kappa shape index (κ1) is 15.8. The summed E-state index contributed by atoms with van der Waals surface area (Å²) in [4.78, 5) is 11.0. The topological polar surface area (TPSA) is 109 Å². The fourth-order valence-electron chi connectivity index (χ4n) is 2.73. The molecule has 1 fully saturated rings. The highest BCUT2D eigenvalue weighted by molar-refractivity contribution is 7.89. The first-order valence-corrected chi connectivity index (χ1v) is 8.51. The van der Waals surface area contributed by atoms with Crippen LogP contribution in [0.25, 0.3) is 0 Å². The Hall–Kier alpha value is -1.60. The molecular formula is C14H20N2O4S. The monoisotopic (exact) mass is 312 g/mol. The molecule has 1 aromatic carbocycles. The zero-order valence-electron chi connectivity index (χ0n) is 11.7. The molecule has 1 aromatic rings. The van der Waals surface area contributed by atoms with E-state index in [1.165, 1.54) is 6.07 Å². The van der Waals surface area contributed by atoms with Gasteiger partial charge < -0.3 is 10.4 Å². The van der Waals surface area contributed by atoms with Gasteiger partial charge in [-0.25, -0.2) is 13.6 Å². The fraction of sp³-hybridized carbons (Fsp3) is 0.500. The van der Waals surface area contributed by atoms with Crippen molar-refractivity contribution in [2.45, 2.75) is 30.6 Å². The number of carboxylic acids is 1. The van der Waals surface area contributed by atoms with E-state index in [1.54, 1.807) is 18.2 Å². The summed E-state index contributed by atoms with van der Waals surface area (Å²) in [7, 11) is -3.75. The maximum Gasteiger partial charge on any atom is 0.306 e. The molecule has 1 aliphatic carbocycles. The Bertz CT molecular complexity index is 607. The summed E-state index contributed by atoms with van der Waals surface area (Å²) in [6.07, 6.45) is 3.03. The van der Waals surface area contributed by atoms with Gasteiger partial charge in [-0.05, 0) is 43.7 Å². The van der Waals surface area contributed by atoms with Crippen molar-refractivity contribution in [2.24, 2.45) is 17.0 Å². The molecule has 21 heavy (non-hydrogen) atoms. The van der Waals surface area contributed by atoms with E-state index in [-0.39, 0.29) is 10.8 Å². The molecule has 1 aliphatic rings. The first-order chi connectivity index (χ1) is 9.88. The third-order valence-corrected chi connectivity index (χ3v) is 4.94. The summed E-state index contributed by atoms with van der Waals surface area (Å²) in [5, 5.41) is 17.3. The lowest BCUT2D eigenvalue weighted by Crippen LogP contribution is -2.25. The minimum absolute atomic E-state index is 0.0872. The molecule has 7 heteroatoms. The smallest absolute Gasteiger partial charge is 0.306 e. The number of aliphatic carboxylic acids is 1. The predicted molar refractivity (Wildman–Crippen MR) is 79.4 cm³/mol. The third kappa shape index (κ3) is 4.18. The summed E-state index contributed by atoms with van der Waals surface area (Å²) in [6, 6.07) is 6.53. The van der Waals surface area contributed by atoms with Crippen molar-refractivity contribution in [1.29, 1.82) is 0 Å². The molecule has 0 radical (unpaired) electrons. The van der Waals surface area contributed by atoms with Crippen molar-refractivity contribution in [2.75, 3.05) is 11.9 Å². The van der Waals surface area contributed by atoms with Gasteiger partial charge >= 0.3 is 5.97 Å². The second-order valence-electron chi connectivity index (χ2n) is 5.48. The molecule has 4 N–H and O–H groups in total. The van der Waals surface area contributed by atoms with Crippen LogP contribution in [0.1, 0.15) is 25.7 Å². The van der Waals surface area contributed by atoms with E-state index in [4.69, 9.17) is 10.2 Å². The fourth-order valence-corrected chi connectivity index (χ4v) is 3.44. The number of benzene rings is 1. The first-order valence-electron chi connectivity index (χ1n) is 6.96. The van der Waals surface area contributed by atoms with Gasteiger partial charge in [0.1, 0.15) is 4.90 Å². The molecule has 6 nitrogen and oxygen atoms in total. The molecule has 0 unspecified atom stereocenters. The second-order valence-corrected chi connectivity index (χ2v) is 7.01. The lowest BCUT2D eigenvalue weighted by atomic mass is 9.82. The van der Waals surface area contributed by atoms with Crippen LogP contribution in [0, 0.1) is 11.8 Å². The van der Waals surface area contributed by atoms with Crippen molar-refractivity contribution in [3.8, 4) is 0 Å². The second kappa shape index (κ2) is 6.44. The Morgan fingerprint density at radius 1 is 1.24 bits per heavy atom. The molecule has 0 heterocycles. The quantitative estimate of drug-likeness (QED) is 0.765. The Morgan fingerprint density at radius 3 is 2.43 bits per heavy atom. The Labute approximate surface area is 124 Å². The van der Waals surface area contributed by atoms with Crippen molar-refractivity contribution in [1.82, 2.24) is 0 Å². The van der Waals surface area contributed by atoms with Crippen molar-refractivity contribution < 1.29 is 18.3 Å². The highest BCUT2D eigenvalue weighted by Gasteiger charge is 2.26. The van der Waals surface area contributed by atoms with Crippen LogP contribution in [0.3, 0.4) is 0 Å². The molecule has 2 rings (SSSR count). The molecule has 0 aromatic heterocycles. The molecule has 0 amide bonds. The van der Waals surface area contributed by atoms with Gasteiger partial charge in [0, 0.05) is 6.54 Å². The zero-order valence-corrected chi connectivity index (χ0v) is 12.5. The van der Waals surface area contributed by atoms with E-state index in [0.29, 0.717) is 31.0 Å². The number of carbonyl (C=O) groups is 1. The van der Waals surface area contributed by atoms with E-state index in [2.05, 4.69) is 5.32 Å². The number of para-hydroxylation sites is 1. The highest BCUT2D eigenvalue weighted by Crippen LogP contribution is 2.29. The zero-order chi connectivity index (χ0) is 15.5. The normalized spacial score (nSPS) is 22.7. The van der Waals surface area contributed by atoms with Crippen LogP contribution in [0.5, 0.6) is 0 Å². The van der Waals surface area contributed by atoms with Crippen molar-refractivity contribution >= 4 is 21.7 Å². The van der Waals surface area contributed by atoms with E-state index in [9.17, 15) is 13.2 Å². The lowest BCUT2D eigenvalue weighted by molar-refractivity contribution is -0.143. The number of hydrogen-bond donors (Lipinski definition) is 3. The number of nitrogens with one attached hydrogen (secondary N) is 1. The number of anilines is 1. The molecule has 116 valence electrons. The Kier molecular flexibility index (Phi) is 4.84. The number of nitrogens with two attached hydrogens (primary N) is 1. The van der Waals surface area contributed by atoms with Gasteiger partial charge in [-0.1, -0.05) is 12.1 Å². The number of carboxylic acid groups (broad SMARTS) is 1. The standard InChI is InChI=1S/C14H20N2O4S/c15-21(19,20)13-4-2-1-3-12(13)16-9-10-5-7-11(8-6-10)14(17)18/h1-4,10-11,16H,5-9H2,(H,17,18)(H2,15,19,20). The van der Waals surface area contributed by atoms with Crippen LogP contribution in [0.4, 0.5) is 5.69 Å². The maximum absolute atomic E-state index is 11.5. The molecule has 0 saturated heterocycles. The molecule has 0 atom stereocenters. The van der Waals surface area contributed by atoms with Crippen LogP contribution < -0.4 is 10.5 Å². The summed E-state index contributed by atoms with van der Waals surface area (Å²) in [6.45, 7) is 0.624.